The SMILES string of the molecule is CCCCCOc1nc(CC)c(-c2ccc(OCC)cc2OC)nc1CC. The molecule has 0 aliphatic carbocycles. The van der Waals surface area contributed by atoms with Crippen LogP contribution in [0.3, 0.4) is 0 Å². The molecule has 5 heteroatoms. The maximum Gasteiger partial charge on any atom is 0.235 e. The number of aryl methyl sites for hydroxylation is 2. The third-order valence-corrected chi connectivity index (χ3v) is 4.40. The molecule has 0 radical (unpaired) electrons. The first kappa shape index (κ1) is 21.0. The Kier molecular flexibility index (Phi) is 8.37. The minimum absolute atomic E-state index is 0.618. The molecule has 1 heterocycles. The lowest BCUT2D eigenvalue weighted by atomic mass is 10.1. The van der Waals surface area contributed by atoms with E-state index in [1.54, 1.807) is 7.11 Å². The molecule has 2 rings (SSSR count). The monoisotopic (exact) mass is 372 g/mol. The highest BCUT2D eigenvalue weighted by Gasteiger charge is 2.18. The van der Waals surface area contributed by atoms with Crippen LogP contribution in [0, 0.1) is 0 Å². The summed E-state index contributed by atoms with van der Waals surface area (Å²) in [6.45, 7) is 9.62. The Labute approximate surface area is 163 Å². The van der Waals surface area contributed by atoms with Gasteiger partial charge in [-0.05, 0) is 38.3 Å². The number of hydrogen-bond donors (Lipinski definition) is 0. The van der Waals surface area contributed by atoms with Crippen molar-refractivity contribution in [3.05, 3.63) is 29.6 Å². The highest BCUT2D eigenvalue weighted by atomic mass is 16.5. The Balaban J connectivity index is 2.41. The van der Waals surface area contributed by atoms with E-state index in [2.05, 4.69) is 20.8 Å². The number of rotatable bonds is 11. The Bertz CT molecular complexity index is 732. The highest BCUT2D eigenvalue weighted by molar-refractivity contribution is 5.70. The van der Waals surface area contributed by atoms with Gasteiger partial charge in [-0.2, -0.15) is 0 Å². The molecule has 5 nitrogen and oxygen atoms in total. The van der Waals surface area contributed by atoms with Crippen LogP contribution in [0.4, 0.5) is 0 Å². The summed E-state index contributed by atoms with van der Waals surface area (Å²) >= 11 is 0. The summed E-state index contributed by atoms with van der Waals surface area (Å²) < 4.78 is 17.1. The summed E-state index contributed by atoms with van der Waals surface area (Å²) in [5, 5.41) is 0. The molecular formula is C22H32N2O3. The summed E-state index contributed by atoms with van der Waals surface area (Å²) in [4.78, 5) is 9.71. The second kappa shape index (κ2) is 10.8. The van der Waals surface area contributed by atoms with Gasteiger partial charge in [0.25, 0.3) is 0 Å². The molecule has 0 atom stereocenters. The van der Waals surface area contributed by atoms with Crippen LogP contribution in [0.5, 0.6) is 17.4 Å². The molecule has 0 bridgehead atoms. The molecule has 0 unspecified atom stereocenters. The summed E-state index contributed by atoms with van der Waals surface area (Å²) in [6, 6.07) is 5.85. The van der Waals surface area contributed by atoms with E-state index >= 15 is 0 Å². The molecule has 0 aliphatic rings. The van der Waals surface area contributed by atoms with E-state index in [1.165, 1.54) is 6.42 Å². The predicted octanol–water partition coefficient (Wildman–Crippen LogP) is 5.24. The number of methoxy groups -OCH3 is 1. The van der Waals surface area contributed by atoms with E-state index in [0.717, 1.165) is 59.8 Å². The number of ether oxygens (including phenoxy) is 3. The average Bonchev–Trinajstić information content (AvgIpc) is 2.70. The van der Waals surface area contributed by atoms with Crippen molar-refractivity contribution in [3.8, 4) is 28.6 Å². The molecule has 1 aromatic carbocycles. The quantitative estimate of drug-likeness (QED) is 0.505. The molecule has 0 saturated heterocycles. The summed E-state index contributed by atoms with van der Waals surface area (Å²) in [7, 11) is 1.67. The molecule has 0 amide bonds. The van der Waals surface area contributed by atoms with Crippen LogP contribution in [-0.2, 0) is 12.8 Å². The van der Waals surface area contributed by atoms with Crippen LogP contribution >= 0.6 is 0 Å². The van der Waals surface area contributed by atoms with E-state index in [4.69, 9.17) is 24.2 Å². The van der Waals surface area contributed by atoms with Crippen molar-refractivity contribution >= 4 is 0 Å². The Morgan fingerprint density at radius 2 is 1.67 bits per heavy atom. The van der Waals surface area contributed by atoms with E-state index in [9.17, 15) is 0 Å². The van der Waals surface area contributed by atoms with Crippen LogP contribution in [0.15, 0.2) is 18.2 Å². The average molecular weight is 373 g/mol. The molecule has 1 aromatic heterocycles. The van der Waals surface area contributed by atoms with Gasteiger partial charge in [-0.15, -0.1) is 0 Å². The third-order valence-electron chi connectivity index (χ3n) is 4.40. The number of unbranched alkanes of at least 4 members (excludes halogenated alkanes) is 2. The van der Waals surface area contributed by atoms with Gasteiger partial charge in [0.15, 0.2) is 0 Å². The van der Waals surface area contributed by atoms with E-state index < -0.39 is 0 Å². The highest BCUT2D eigenvalue weighted by Crippen LogP contribution is 2.35. The maximum absolute atomic E-state index is 5.95. The zero-order chi connectivity index (χ0) is 19.6. The van der Waals surface area contributed by atoms with Crippen molar-refractivity contribution in [3.63, 3.8) is 0 Å². The van der Waals surface area contributed by atoms with Crippen molar-refractivity contribution in [1.82, 2.24) is 9.97 Å². The van der Waals surface area contributed by atoms with Crippen molar-refractivity contribution in [1.29, 1.82) is 0 Å². The molecular weight excluding hydrogens is 340 g/mol. The largest absolute Gasteiger partial charge is 0.496 e. The van der Waals surface area contributed by atoms with Gasteiger partial charge >= 0.3 is 0 Å². The van der Waals surface area contributed by atoms with Gasteiger partial charge in [-0.1, -0.05) is 33.6 Å². The summed E-state index contributed by atoms with van der Waals surface area (Å²) in [6.07, 6.45) is 4.92. The topological polar surface area (TPSA) is 53.5 Å². The molecule has 0 N–H and O–H groups in total. The first-order valence-corrected chi connectivity index (χ1v) is 10.0. The number of benzene rings is 1. The lowest BCUT2D eigenvalue weighted by Crippen LogP contribution is -2.08. The van der Waals surface area contributed by atoms with E-state index in [0.29, 0.717) is 19.1 Å². The predicted molar refractivity (Wildman–Crippen MR) is 109 cm³/mol. The fourth-order valence-corrected chi connectivity index (χ4v) is 2.94. The van der Waals surface area contributed by atoms with Gasteiger partial charge < -0.3 is 14.2 Å². The molecule has 2 aromatic rings. The van der Waals surface area contributed by atoms with Crippen molar-refractivity contribution < 1.29 is 14.2 Å². The third kappa shape index (κ3) is 5.34. The molecule has 0 aliphatic heterocycles. The number of hydrogen-bond acceptors (Lipinski definition) is 5. The first-order chi connectivity index (χ1) is 13.2. The van der Waals surface area contributed by atoms with Gasteiger partial charge in [0.2, 0.25) is 5.88 Å². The van der Waals surface area contributed by atoms with Crippen molar-refractivity contribution in [2.45, 2.75) is 59.8 Å². The summed E-state index contributed by atoms with van der Waals surface area (Å²) in [5.74, 6) is 2.19. The zero-order valence-electron chi connectivity index (χ0n) is 17.3. The lowest BCUT2D eigenvalue weighted by molar-refractivity contribution is 0.289. The van der Waals surface area contributed by atoms with Crippen LogP contribution < -0.4 is 14.2 Å². The van der Waals surface area contributed by atoms with E-state index in [1.807, 2.05) is 25.1 Å². The fourth-order valence-electron chi connectivity index (χ4n) is 2.94. The van der Waals surface area contributed by atoms with Crippen LogP contribution in [-0.4, -0.2) is 30.3 Å². The van der Waals surface area contributed by atoms with Crippen molar-refractivity contribution in [2.24, 2.45) is 0 Å². The first-order valence-electron chi connectivity index (χ1n) is 10.0. The Morgan fingerprint density at radius 1 is 0.889 bits per heavy atom. The maximum atomic E-state index is 5.95. The molecule has 148 valence electrons. The van der Waals surface area contributed by atoms with Crippen LogP contribution in [0.25, 0.3) is 11.3 Å². The second-order valence-corrected chi connectivity index (χ2v) is 6.33. The number of nitrogens with zero attached hydrogens (tertiary/aromatic N) is 2. The van der Waals surface area contributed by atoms with Gasteiger partial charge in [0, 0.05) is 11.6 Å². The molecule has 0 saturated carbocycles. The summed E-state index contributed by atoms with van der Waals surface area (Å²) in [5.41, 5.74) is 3.59. The number of aromatic nitrogens is 2. The normalized spacial score (nSPS) is 10.7. The zero-order valence-corrected chi connectivity index (χ0v) is 17.3. The second-order valence-electron chi connectivity index (χ2n) is 6.33. The van der Waals surface area contributed by atoms with Gasteiger partial charge in [-0.3, -0.25) is 0 Å². The smallest absolute Gasteiger partial charge is 0.235 e. The molecule has 0 fully saturated rings. The Morgan fingerprint density at radius 3 is 2.30 bits per heavy atom. The molecule has 27 heavy (non-hydrogen) atoms. The van der Waals surface area contributed by atoms with E-state index in [-0.39, 0.29) is 0 Å². The molecule has 0 spiro atoms. The minimum Gasteiger partial charge on any atom is -0.496 e. The van der Waals surface area contributed by atoms with Gasteiger partial charge in [-0.25, -0.2) is 9.97 Å². The van der Waals surface area contributed by atoms with Crippen LogP contribution in [0.1, 0.15) is 58.3 Å². The van der Waals surface area contributed by atoms with Crippen molar-refractivity contribution in [2.75, 3.05) is 20.3 Å². The standard InChI is InChI=1S/C22H32N2O3/c1-6-10-11-14-27-22-19(8-3)23-21(18(7-2)24-22)17-13-12-16(26-9-4)15-20(17)25-5/h12-13,15H,6-11,14H2,1-5H3. The minimum atomic E-state index is 0.618. The lowest BCUT2D eigenvalue weighted by Gasteiger charge is -2.16. The Hall–Kier alpha value is -2.30. The van der Waals surface area contributed by atoms with Gasteiger partial charge in [0.1, 0.15) is 17.2 Å². The fraction of sp³-hybridized carbons (Fsp3) is 0.545. The van der Waals surface area contributed by atoms with Crippen LogP contribution in [0.2, 0.25) is 0 Å². The van der Waals surface area contributed by atoms with Gasteiger partial charge in [0.05, 0.1) is 31.7 Å².